The summed E-state index contributed by atoms with van der Waals surface area (Å²) in [6.45, 7) is 19.7. The van der Waals surface area contributed by atoms with E-state index in [0.29, 0.717) is 116 Å². The Morgan fingerprint density at radius 1 is 0.409 bits per heavy atom. The maximum atomic E-state index is 13.6. The minimum atomic E-state index is -2.40. The third kappa shape index (κ3) is 25.8. The van der Waals surface area contributed by atoms with Crippen molar-refractivity contribution in [3.63, 3.8) is 0 Å². The zero-order valence-electron chi connectivity index (χ0n) is 76.5. The first-order valence-corrected chi connectivity index (χ1v) is 49.0. The number of ketones is 1. The molecule has 0 saturated heterocycles. The molecule has 26 heteroatoms. The van der Waals surface area contributed by atoms with E-state index in [0.717, 1.165) is 38.2 Å². The van der Waals surface area contributed by atoms with Crippen LogP contribution in [0.3, 0.4) is 0 Å². The van der Waals surface area contributed by atoms with E-state index < -0.39 is 25.0 Å². The molecule has 0 radical (unpaired) electrons. The highest BCUT2D eigenvalue weighted by Gasteiger charge is 2.40. The number of esters is 1. The largest absolute Gasteiger partial charge is 1.00 e. The topological polar surface area (TPSA) is 304 Å². The minimum Gasteiger partial charge on any atom is -1.00 e. The van der Waals surface area contributed by atoms with Crippen LogP contribution in [0, 0.1) is 86.3 Å². The van der Waals surface area contributed by atoms with E-state index in [1.54, 1.807) is 110 Å². The number of phenols is 2. The summed E-state index contributed by atoms with van der Waals surface area (Å²) in [6, 6.07) is 99.7. The number of carbonyl (C=O) groups excluding carboxylic acids is 2. The van der Waals surface area contributed by atoms with Crippen molar-refractivity contribution in [3.8, 4) is 11.5 Å². The van der Waals surface area contributed by atoms with Gasteiger partial charge >= 0.3 is 5.97 Å². The van der Waals surface area contributed by atoms with Crippen LogP contribution in [0.5, 0.6) is 11.5 Å². The second-order valence-electron chi connectivity index (χ2n) is 31.5. The first kappa shape index (κ1) is 108. The number of anilines is 1. The lowest BCUT2D eigenvalue weighted by Gasteiger charge is -2.28. The third-order valence-electron chi connectivity index (χ3n) is 21.8. The average molecular weight is 2150 g/mol. The lowest BCUT2D eigenvalue weighted by atomic mass is 10.1. The number of nitro benzene ring substituents is 1. The number of nitrogens with zero attached hydrogens (tertiary/aromatic N) is 1. The number of para-hydroxylation sites is 3. The molecule has 0 atom stereocenters. The molecule has 0 aliphatic carbocycles. The fourth-order valence-electron chi connectivity index (χ4n) is 14.9. The number of carbonyl (C=O) groups is 2. The van der Waals surface area contributed by atoms with Crippen molar-refractivity contribution in [2.24, 2.45) is 0 Å². The molecule has 0 spiro atoms. The standard InChI is InChI=1S/C27H23O2P.C19H18P.C11H7Br2ClO2.C11H9ClO2.C11H9NO4.C11H11NO2.C11H10O2.C9H10O3.CH4.HI/c1-21-12-11-19-25(27(21)29)26(28)20-30(22-13-5-2-6-14-22,23-15-7-3-8-16-23)24-17-9-4-10-18-24;1-20(17-11-5-2-6-12-17,18-13-7-3-8-14-18)19-15-9-4-10-16-19;1-5-4-8(15)9-7(14)3-2-6(11(12)13)10(9)16-5;1-6-3-4-8(12)10-9(13)5-7(2)14-11(6)10;1-6-3-4-8(12(14)15)10-9(13)5-7(2)16-11(6)10;1-6-3-4-8(12)10-9(13)5-7(2)14-11(6)10;1-7-4-3-5-9-10(12)6-8(2)13-11(7)9;1-6-4-3-5-7(8(6)10)9(11)12-2;;/h2-20,29H,1H3;2-16H,1H3;2-4,11H,1H3;3-5H,1-2H3;3-5H,1-2H3;3-5H,12H2,1-2H3;3-6H,1-2H3;3-5,10H,1-2H3;1H4;1H/q;+1;;;;;;;;/p-1. The number of phenolic OH excluding ortho intramolecular Hbond substituents is 2. The predicted octanol–water partition coefficient (Wildman–Crippen LogP) is 21.7. The second kappa shape index (κ2) is 49.0. The number of rotatable bonds is 11. The number of hydrogen-bond acceptors (Lipinski definition) is 18. The molecular weight excluding hydrogens is 2050 g/mol. The molecule has 0 fully saturated rings. The van der Waals surface area contributed by atoms with E-state index in [1.807, 2.05) is 118 Å². The Labute approximate surface area is 837 Å². The minimum absolute atomic E-state index is 0. The van der Waals surface area contributed by atoms with Crippen molar-refractivity contribution in [2.75, 3.05) is 19.5 Å². The van der Waals surface area contributed by atoms with Gasteiger partial charge in [0.2, 0.25) is 0 Å². The number of Topliss-reactive ketones (excluding diaryl/α,β-unsaturated/α-hetero) is 1. The van der Waals surface area contributed by atoms with Gasteiger partial charge in [0.25, 0.3) is 5.69 Å². The average Bonchev–Trinajstić information content (AvgIpc) is 0.746. The van der Waals surface area contributed by atoms with Gasteiger partial charge in [0.1, 0.15) is 102 Å². The van der Waals surface area contributed by atoms with Gasteiger partial charge in [0.05, 0.1) is 59.6 Å². The van der Waals surface area contributed by atoms with E-state index in [1.165, 1.54) is 65.5 Å². The molecule has 5 heterocycles. The Bertz CT molecular complexity index is 7460. The van der Waals surface area contributed by atoms with Crippen LogP contribution in [-0.2, 0) is 4.74 Å². The van der Waals surface area contributed by atoms with E-state index in [9.17, 15) is 53.9 Å². The molecule has 13 aromatic carbocycles. The zero-order chi connectivity index (χ0) is 97.7. The number of nitro groups is 1. The number of aromatic hydroxyl groups is 2. The van der Waals surface area contributed by atoms with Gasteiger partial charge in [0.15, 0.2) is 32.9 Å². The first-order chi connectivity index (χ1) is 64.5. The summed E-state index contributed by atoms with van der Waals surface area (Å²) in [5, 5.41) is 41.2. The maximum absolute atomic E-state index is 13.6. The monoisotopic (exact) mass is 2150 g/mol. The van der Waals surface area contributed by atoms with Gasteiger partial charge in [-0.25, -0.2) is 4.79 Å². The van der Waals surface area contributed by atoms with Gasteiger partial charge in [-0.3, -0.25) is 38.9 Å². The highest BCUT2D eigenvalue weighted by molar-refractivity contribution is 9.24. The summed E-state index contributed by atoms with van der Waals surface area (Å²) < 4.78 is 31.7. The van der Waals surface area contributed by atoms with Crippen molar-refractivity contribution < 1.29 is 75.5 Å². The SMILES string of the molecule is C.COC(=O)c1cccc(C)c1O.C[P+](c1ccccc1)(c1ccccc1)c1ccccc1.Cc1cc(=O)c2c(Cl)ccc(C(Br)Br)c2o1.Cc1cc(=O)c2c(Cl)ccc(C)c2o1.Cc1cc(=O)c2c(N)ccc(C)c2o1.Cc1cc(=O)c2c([N+](=O)[O-])ccc(C)c2o1.Cc1cc(=O)c2cccc(C)c2o1.Cc1cccc(C(=O)C=P(c2ccccc2)(c2ccccc2)c2ccccc2)c1O.[I-]. The number of aryl methyl sites for hydroxylation is 11. The fourth-order valence-corrected chi connectivity index (χ4v) is 23.1. The van der Waals surface area contributed by atoms with Crippen LogP contribution in [-0.4, -0.2) is 46.5 Å². The third-order valence-corrected chi connectivity index (χ3v) is 31.4. The molecule has 18 rings (SSSR count). The van der Waals surface area contributed by atoms with Crippen LogP contribution in [0.2, 0.25) is 10.0 Å². The Morgan fingerprint density at radius 2 is 0.730 bits per heavy atom. The molecule has 0 saturated carbocycles. The highest BCUT2D eigenvalue weighted by Crippen LogP contribution is 2.51. The number of non-ortho nitro benzene ring substituents is 1. The van der Waals surface area contributed by atoms with Crippen LogP contribution < -0.4 is 88.7 Å². The van der Waals surface area contributed by atoms with Crippen LogP contribution in [0.4, 0.5) is 11.4 Å². The van der Waals surface area contributed by atoms with Gasteiger partial charge in [0, 0.05) is 47.6 Å². The van der Waals surface area contributed by atoms with Crippen LogP contribution >= 0.6 is 69.2 Å². The molecule has 4 N–H and O–H groups in total. The number of hydrogen-bond donors (Lipinski definition) is 3. The van der Waals surface area contributed by atoms with Crippen LogP contribution in [0.15, 0.2) is 362 Å². The lowest BCUT2D eigenvalue weighted by molar-refractivity contribution is -0.383. The van der Waals surface area contributed by atoms with E-state index >= 15 is 0 Å². The summed E-state index contributed by atoms with van der Waals surface area (Å²) in [6.07, 6.45) is 0. The van der Waals surface area contributed by atoms with E-state index in [4.69, 9.17) is 51.0 Å². The van der Waals surface area contributed by atoms with Crippen molar-refractivity contribution in [2.45, 2.75) is 87.3 Å². The van der Waals surface area contributed by atoms with Crippen LogP contribution in [0.1, 0.15) is 99.6 Å². The summed E-state index contributed by atoms with van der Waals surface area (Å²) >= 11 is 18.7. The lowest BCUT2D eigenvalue weighted by Crippen LogP contribution is -3.00. The number of benzene rings is 13. The normalized spacial score (nSPS) is 10.7. The molecule has 5 aromatic heterocycles. The molecular formula is C111H101Br2Cl2IN2O17P2. The summed E-state index contributed by atoms with van der Waals surface area (Å²) in [7, 11) is -0.245. The first-order valence-electron chi connectivity index (χ1n) is 42.3. The molecule has 0 aliphatic rings. The van der Waals surface area contributed by atoms with E-state index in [2.05, 4.69) is 171 Å². The Kier molecular flexibility index (Phi) is 38.5. The number of halogens is 5. The number of nitrogen functional groups attached to an aromatic ring is 1. The molecule has 0 unspecified atom stereocenters. The summed E-state index contributed by atoms with van der Waals surface area (Å²) in [5.74, 6) is 4.09. The van der Waals surface area contributed by atoms with Crippen molar-refractivity contribution in [3.05, 3.63) is 466 Å². The Morgan fingerprint density at radius 3 is 1.15 bits per heavy atom. The van der Waals surface area contributed by atoms with Crippen LogP contribution in [0.25, 0.3) is 54.8 Å². The number of ether oxygens (including phenoxy) is 1. The van der Waals surface area contributed by atoms with Gasteiger partial charge < -0.3 is 66.7 Å². The second-order valence-corrected chi connectivity index (χ2v) is 42.2. The fraction of sp³-hybridized carbons (Fsp3) is 0.135. The molecule has 0 aliphatic heterocycles. The zero-order valence-corrected chi connectivity index (χ0v) is 85.1. The molecule has 0 amide bonds. The van der Waals surface area contributed by atoms with Crippen molar-refractivity contribution in [1.82, 2.24) is 0 Å². The Balaban J connectivity index is 0.000000178. The molecule has 137 heavy (non-hydrogen) atoms. The van der Waals surface area contributed by atoms with Gasteiger partial charge in [-0.15, -0.1) is 0 Å². The summed E-state index contributed by atoms with van der Waals surface area (Å²) in [5.41, 5.74) is 14.3. The van der Waals surface area contributed by atoms with Crippen molar-refractivity contribution in [1.29, 1.82) is 0 Å². The molecule has 19 nitrogen and oxygen atoms in total. The number of nitrogens with two attached hydrogens (primary N) is 1. The Hall–Kier alpha value is -13.2. The molecule has 702 valence electrons. The molecule has 18 aromatic rings. The number of alkyl halides is 2. The van der Waals surface area contributed by atoms with Gasteiger partial charge in [-0.05, 0) is 217 Å². The number of methoxy groups -OCH3 is 1. The quantitative estimate of drug-likeness (QED) is 0.0158. The summed E-state index contributed by atoms with van der Waals surface area (Å²) in [4.78, 5) is 93.1. The van der Waals surface area contributed by atoms with Gasteiger partial charge in [-0.1, -0.05) is 263 Å². The van der Waals surface area contributed by atoms with Crippen molar-refractivity contribution >= 4 is 185 Å². The van der Waals surface area contributed by atoms with E-state index in [-0.39, 0.29) is 96.2 Å². The molecule has 0 bridgehead atoms. The maximum Gasteiger partial charge on any atom is 0.341 e. The van der Waals surface area contributed by atoms with Gasteiger partial charge in [-0.2, -0.15) is 0 Å². The smallest absolute Gasteiger partial charge is 0.341 e. The predicted molar refractivity (Wildman–Crippen MR) is 567 cm³/mol. The highest BCUT2D eigenvalue weighted by atomic mass is 127. The number of fused-ring (bicyclic) bond motifs is 5.